The second-order valence-electron chi connectivity index (χ2n) is 3.52. The molecule has 0 aromatic carbocycles. The molecule has 0 aromatic rings. The van der Waals surface area contributed by atoms with Gasteiger partial charge in [-0.2, -0.15) is 0 Å². The van der Waals surface area contributed by atoms with Gasteiger partial charge in [-0.3, -0.25) is 4.79 Å². The summed E-state index contributed by atoms with van der Waals surface area (Å²) in [6, 6.07) is 0. The monoisotopic (exact) mass is 201 g/mol. The number of nitrogens with one attached hydrogen (secondary N) is 1. The molecule has 0 unspecified atom stereocenters. The molecule has 4 nitrogen and oxygen atoms in total. The smallest absolute Gasteiger partial charge is 0.223 e. The Morgan fingerprint density at radius 1 is 1.36 bits per heavy atom. The van der Waals surface area contributed by atoms with Crippen molar-refractivity contribution in [1.82, 2.24) is 5.32 Å². The molecule has 1 fully saturated rings. The lowest BCUT2D eigenvalue weighted by Crippen LogP contribution is -2.26. The van der Waals surface area contributed by atoms with Crippen LogP contribution in [0, 0.1) is 5.92 Å². The summed E-state index contributed by atoms with van der Waals surface area (Å²) >= 11 is 0. The van der Waals surface area contributed by atoms with Crippen LogP contribution in [-0.2, 0) is 14.3 Å². The number of carbonyl (C=O) groups excluding carboxylic acids is 1. The zero-order valence-corrected chi connectivity index (χ0v) is 8.75. The van der Waals surface area contributed by atoms with E-state index in [0.717, 1.165) is 25.8 Å². The first kappa shape index (κ1) is 11.5. The van der Waals surface area contributed by atoms with E-state index in [1.165, 1.54) is 0 Å². The molecule has 0 radical (unpaired) electrons. The second kappa shape index (κ2) is 6.79. The van der Waals surface area contributed by atoms with Crippen molar-refractivity contribution >= 4 is 5.91 Å². The van der Waals surface area contributed by atoms with Gasteiger partial charge >= 0.3 is 0 Å². The topological polar surface area (TPSA) is 47.6 Å². The number of amides is 1. The zero-order chi connectivity index (χ0) is 10.2. The Balaban J connectivity index is 1.77. The van der Waals surface area contributed by atoms with Gasteiger partial charge in [-0.1, -0.05) is 0 Å². The van der Waals surface area contributed by atoms with Gasteiger partial charge in [0.1, 0.15) is 0 Å². The molecule has 1 amide bonds. The zero-order valence-electron chi connectivity index (χ0n) is 8.75. The van der Waals surface area contributed by atoms with Crippen molar-refractivity contribution in [3.8, 4) is 0 Å². The molecule has 0 aromatic heterocycles. The van der Waals surface area contributed by atoms with Crippen LogP contribution < -0.4 is 5.32 Å². The molecule has 0 bridgehead atoms. The predicted octanol–water partition coefficient (Wildman–Crippen LogP) is 0.566. The van der Waals surface area contributed by atoms with Crippen molar-refractivity contribution in [3.63, 3.8) is 0 Å². The van der Waals surface area contributed by atoms with Gasteiger partial charge in [0, 0.05) is 26.2 Å². The van der Waals surface area contributed by atoms with E-state index < -0.39 is 0 Å². The largest absolute Gasteiger partial charge is 0.382 e. The first-order chi connectivity index (χ1) is 6.84. The summed E-state index contributed by atoms with van der Waals surface area (Å²) in [4.78, 5) is 11.2. The number of ether oxygens (including phenoxy) is 2. The molecular weight excluding hydrogens is 182 g/mol. The molecule has 1 saturated carbocycles. The standard InChI is InChI=1S/C10H19NO3/c1-13-7-8-14-6-2-5-11-10(12)9-3-4-9/h9H,2-8H2,1H3,(H,11,12). The number of rotatable bonds is 8. The minimum absolute atomic E-state index is 0.210. The van der Waals surface area contributed by atoms with Crippen LogP contribution >= 0.6 is 0 Å². The van der Waals surface area contributed by atoms with Crippen molar-refractivity contribution in [1.29, 1.82) is 0 Å². The normalized spacial score (nSPS) is 15.5. The lowest BCUT2D eigenvalue weighted by Gasteiger charge is -2.04. The van der Waals surface area contributed by atoms with E-state index in [9.17, 15) is 4.79 Å². The summed E-state index contributed by atoms with van der Waals surface area (Å²) in [6.45, 7) is 2.68. The summed E-state index contributed by atoms with van der Waals surface area (Å²) in [5, 5.41) is 2.89. The lowest BCUT2D eigenvalue weighted by atomic mass is 10.3. The average Bonchev–Trinajstić information content (AvgIpc) is 2.99. The van der Waals surface area contributed by atoms with Crippen molar-refractivity contribution in [3.05, 3.63) is 0 Å². The van der Waals surface area contributed by atoms with Crippen LogP contribution in [0.5, 0.6) is 0 Å². The minimum atomic E-state index is 0.210. The van der Waals surface area contributed by atoms with Gasteiger partial charge in [-0.15, -0.1) is 0 Å². The first-order valence-electron chi connectivity index (χ1n) is 5.19. The fourth-order valence-corrected chi connectivity index (χ4v) is 1.12. The van der Waals surface area contributed by atoms with E-state index in [2.05, 4.69) is 5.32 Å². The van der Waals surface area contributed by atoms with Gasteiger partial charge in [0.05, 0.1) is 13.2 Å². The second-order valence-corrected chi connectivity index (χ2v) is 3.52. The summed E-state index contributed by atoms with van der Waals surface area (Å²) in [5.41, 5.74) is 0. The van der Waals surface area contributed by atoms with Gasteiger partial charge < -0.3 is 14.8 Å². The maximum Gasteiger partial charge on any atom is 0.223 e. The van der Waals surface area contributed by atoms with Crippen LogP contribution in [-0.4, -0.2) is 39.4 Å². The molecule has 1 aliphatic rings. The molecular formula is C10H19NO3. The molecule has 1 N–H and O–H groups in total. The third-order valence-corrected chi connectivity index (χ3v) is 2.14. The van der Waals surface area contributed by atoms with Crippen LogP contribution in [0.4, 0.5) is 0 Å². The molecule has 1 rings (SSSR count). The highest BCUT2D eigenvalue weighted by atomic mass is 16.5. The van der Waals surface area contributed by atoms with Crippen LogP contribution in [0.15, 0.2) is 0 Å². The Morgan fingerprint density at radius 3 is 2.79 bits per heavy atom. The van der Waals surface area contributed by atoms with Crippen molar-refractivity contribution < 1.29 is 14.3 Å². The highest BCUT2D eigenvalue weighted by Gasteiger charge is 2.28. The van der Waals surface area contributed by atoms with Gasteiger partial charge in [0.2, 0.25) is 5.91 Å². The van der Waals surface area contributed by atoms with Crippen LogP contribution in [0.2, 0.25) is 0 Å². The van der Waals surface area contributed by atoms with E-state index in [0.29, 0.717) is 25.7 Å². The number of methoxy groups -OCH3 is 1. The fourth-order valence-electron chi connectivity index (χ4n) is 1.12. The molecule has 14 heavy (non-hydrogen) atoms. The molecule has 0 aliphatic heterocycles. The molecule has 0 heterocycles. The third-order valence-electron chi connectivity index (χ3n) is 2.14. The van der Waals surface area contributed by atoms with Crippen molar-refractivity contribution in [2.75, 3.05) is 33.5 Å². The fraction of sp³-hybridized carbons (Fsp3) is 0.900. The molecule has 4 heteroatoms. The average molecular weight is 201 g/mol. The Morgan fingerprint density at radius 2 is 2.14 bits per heavy atom. The Kier molecular flexibility index (Phi) is 5.56. The van der Waals surface area contributed by atoms with E-state index in [-0.39, 0.29) is 5.91 Å². The lowest BCUT2D eigenvalue weighted by molar-refractivity contribution is -0.122. The summed E-state index contributed by atoms with van der Waals surface area (Å²) in [7, 11) is 1.65. The Bertz CT molecular complexity index is 169. The van der Waals surface area contributed by atoms with Gasteiger partial charge in [0.15, 0.2) is 0 Å². The quantitative estimate of drug-likeness (QED) is 0.584. The Hall–Kier alpha value is -0.610. The molecule has 0 atom stereocenters. The highest BCUT2D eigenvalue weighted by Crippen LogP contribution is 2.28. The van der Waals surface area contributed by atoms with Crippen LogP contribution in [0.25, 0.3) is 0 Å². The van der Waals surface area contributed by atoms with Gasteiger partial charge in [-0.25, -0.2) is 0 Å². The number of carbonyl (C=O) groups is 1. The van der Waals surface area contributed by atoms with Crippen molar-refractivity contribution in [2.24, 2.45) is 5.92 Å². The van der Waals surface area contributed by atoms with Gasteiger partial charge in [0.25, 0.3) is 0 Å². The van der Waals surface area contributed by atoms with Crippen LogP contribution in [0.3, 0.4) is 0 Å². The summed E-state index contributed by atoms with van der Waals surface area (Å²) in [6.07, 6.45) is 3.01. The summed E-state index contributed by atoms with van der Waals surface area (Å²) < 4.78 is 10.1. The summed E-state index contributed by atoms with van der Waals surface area (Å²) in [5.74, 6) is 0.520. The third kappa shape index (κ3) is 5.19. The van der Waals surface area contributed by atoms with E-state index in [1.54, 1.807) is 7.11 Å². The van der Waals surface area contributed by atoms with Gasteiger partial charge in [-0.05, 0) is 19.3 Å². The molecule has 0 spiro atoms. The molecule has 1 aliphatic carbocycles. The number of hydrogen-bond acceptors (Lipinski definition) is 3. The predicted molar refractivity (Wildman–Crippen MR) is 53.0 cm³/mol. The maximum atomic E-state index is 11.2. The van der Waals surface area contributed by atoms with Crippen LogP contribution in [0.1, 0.15) is 19.3 Å². The maximum absolute atomic E-state index is 11.2. The van der Waals surface area contributed by atoms with E-state index in [1.807, 2.05) is 0 Å². The SMILES string of the molecule is COCCOCCCNC(=O)C1CC1. The minimum Gasteiger partial charge on any atom is -0.382 e. The Labute approximate surface area is 85.0 Å². The van der Waals surface area contributed by atoms with E-state index >= 15 is 0 Å². The first-order valence-corrected chi connectivity index (χ1v) is 5.19. The molecule has 82 valence electrons. The number of hydrogen-bond donors (Lipinski definition) is 1. The van der Waals surface area contributed by atoms with Crippen molar-refractivity contribution in [2.45, 2.75) is 19.3 Å². The van der Waals surface area contributed by atoms with E-state index in [4.69, 9.17) is 9.47 Å². The molecule has 0 saturated heterocycles. The highest BCUT2D eigenvalue weighted by molar-refractivity contribution is 5.80.